The third-order valence-electron chi connectivity index (χ3n) is 6.66. The molecule has 1 atom stereocenters. The Kier molecular flexibility index (Phi) is 5.05. The number of piperidine rings is 1. The monoisotopic (exact) mass is 394 g/mol. The third-order valence-corrected chi connectivity index (χ3v) is 8.83. The Labute approximate surface area is 161 Å². The number of carbonyl (C=O) groups is 1. The molecular formula is C19H30N4O3S. The van der Waals surface area contributed by atoms with Gasteiger partial charge in [0.1, 0.15) is 5.25 Å². The lowest BCUT2D eigenvalue weighted by Gasteiger charge is -2.52. The van der Waals surface area contributed by atoms with Crippen LogP contribution in [0.15, 0.2) is 12.4 Å². The Morgan fingerprint density at radius 3 is 2.67 bits per heavy atom. The first kappa shape index (κ1) is 18.9. The van der Waals surface area contributed by atoms with E-state index in [0.717, 1.165) is 51.9 Å². The highest BCUT2D eigenvalue weighted by molar-refractivity contribution is 7.93. The molecule has 3 aliphatic rings. The third kappa shape index (κ3) is 3.92. The van der Waals surface area contributed by atoms with Crippen molar-refractivity contribution in [2.45, 2.75) is 69.8 Å². The number of aromatic nitrogens is 2. The first-order chi connectivity index (χ1) is 12.9. The van der Waals surface area contributed by atoms with Crippen molar-refractivity contribution in [3.63, 3.8) is 0 Å². The standard InChI is InChI=1S/C19H30N4O3S/c1-2-23-14-15(12-20-23)13-22-7-5-19(6-8-22)10-16(11-19)21-18(24)17-4-3-9-27(17,25)26/h12,14,16-17H,2-11,13H2,1H3,(H,21,24). The second-order valence-electron chi connectivity index (χ2n) is 8.59. The molecule has 1 unspecified atom stereocenters. The quantitative estimate of drug-likeness (QED) is 0.815. The van der Waals surface area contributed by atoms with Gasteiger partial charge in [-0.15, -0.1) is 0 Å². The maximum absolute atomic E-state index is 12.3. The summed E-state index contributed by atoms with van der Waals surface area (Å²) in [6, 6.07) is 0.155. The van der Waals surface area contributed by atoms with Gasteiger partial charge in [-0.1, -0.05) is 0 Å². The van der Waals surface area contributed by atoms with Gasteiger partial charge in [0, 0.05) is 30.9 Å². The highest BCUT2D eigenvalue weighted by Crippen LogP contribution is 2.49. The van der Waals surface area contributed by atoms with Crippen molar-refractivity contribution in [3.05, 3.63) is 18.0 Å². The highest BCUT2D eigenvalue weighted by Gasteiger charge is 2.47. The second-order valence-corrected chi connectivity index (χ2v) is 10.9. The Balaban J connectivity index is 1.22. The Morgan fingerprint density at radius 1 is 1.33 bits per heavy atom. The average Bonchev–Trinajstić information content (AvgIpc) is 3.20. The van der Waals surface area contributed by atoms with Crippen LogP contribution < -0.4 is 5.32 Å². The maximum atomic E-state index is 12.3. The van der Waals surface area contributed by atoms with E-state index < -0.39 is 15.1 Å². The SMILES string of the molecule is CCn1cc(CN2CCC3(CC2)CC(NC(=O)C2CCCS2(=O)=O)C3)cn1. The molecule has 1 aromatic heterocycles. The molecule has 7 nitrogen and oxygen atoms in total. The summed E-state index contributed by atoms with van der Waals surface area (Å²) >= 11 is 0. The first-order valence-corrected chi connectivity index (χ1v) is 11.9. The summed E-state index contributed by atoms with van der Waals surface area (Å²) in [5.41, 5.74) is 1.61. The number of nitrogens with one attached hydrogen (secondary N) is 1. The van der Waals surface area contributed by atoms with Crippen LogP contribution in [0, 0.1) is 5.41 Å². The van der Waals surface area contributed by atoms with E-state index in [1.165, 1.54) is 5.56 Å². The summed E-state index contributed by atoms with van der Waals surface area (Å²) in [5, 5.41) is 6.54. The lowest BCUT2D eigenvalue weighted by atomic mass is 9.60. The molecule has 3 fully saturated rings. The summed E-state index contributed by atoms with van der Waals surface area (Å²) < 4.78 is 25.8. The fourth-order valence-corrected chi connectivity index (χ4v) is 6.75. The number of hydrogen-bond donors (Lipinski definition) is 1. The van der Waals surface area contributed by atoms with Crippen LogP contribution in [0.4, 0.5) is 0 Å². The van der Waals surface area contributed by atoms with Gasteiger partial charge in [-0.05, 0) is 64.0 Å². The van der Waals surface area contributed by atoms with E-state index in [0.29, 0.717) is 18.3 Å². The van der Waals surface area contributed by atoms with Crippen molar-refractivity contribution < 1.29 is 13.2 Å². The van der Waals surface area contributed by atoms with Crippen molar-refractivity contribution in [1.29, 1.82) is 0 Å². The lowest BCUT2D eigenvalue weighted by molar-refractivity contribution is -0.123. The lowest BCUT2D eigenvalue weighted by Crippen LogP contribution is -2.56. The fourth-order valence-electron chi connectivity index (χ4n) is 4.98. The largest absolute Gasteiger partial charge is 0.352 e. The minimum absolute atomic E-state index is 0.155. The topological polar surface area (TPSA) is 84.3 Å². The minimum atomic E-state index is -3.21. The molecule has 1 amide bonds. The van der Waals surface area contributed by atoms with Crippen LogP contribution in [0.3, 0.4) is 0 Å². The molecule has 1 N–H and O–H groups in total. The summed E-state index contributed by atoms with van der Waals surface area (Å²) in [4.78, 5) is 14.8. The van der Waals surface area contributed by atoms with Crippen molar-refractivity contribution in [3.8, 4) is 0 Å². The predicted molar refractivity (Wildman–Crippen MR) is 103 cm³/mol. The number of sulfone groups is 1. The van der Waals surface area contributed by atoms with Gasteiger partial charge in [-0.3, -0.25) is 14.4 Å². The Hall–Kier alpha value is -1.41. The van der Waals surface area contributed by atoms with E-state index in [-0.39, 0.29) is 17.7 Å². The van der Waals surface area contributed by atoms with E-state index in [1.807, 2.05) is 10.9 Å². The van der Waals surface area contributed by atoms with Crippen molar-refractivity contribution >= 4 is 15.7 Å². The average molecular weight is 395 g/mol. The van der Waals surface area contributed by atoms with Crippen molar-refractivity contribution in [1.82, 2.24) is 20.0 Å². The zero-order chi connectivity index (χ0) is 19.1. The molecule has 8 heteroatoms. The molecule has 150 valence electrons. The molecule has 2 saturated heterocycles. The van der Waals surface area contributed by atoms with Gasteiger partial charge in [0.15, 0.2) is 9.84 Å². The molecule has 3 heterocycles. The van der Waals surface area contributed by atoms with Gasteiger partial charge in [0.05, 0.1) is 11.9 Å². The van der Waals surface area contributed by atoms with Crippen LogP contribution in [0.1, 0.15) is 51.0 Å². The molecule has 4 rings (SSSR count). The number of nitrogens with zero attached hydrogens (tertiary/aromatic N) is 3. The summed E-state index contributed by atoms with van der Waals surface area (Å²) in [5.74, 6) is -0.107. The molecule has 0 bridgehead atoms. The van der Waals surface area contributed by atoms with Crippen LogP contribution >= 0.6 is 0 Å². The smallest absolute Gasteiger partial charge is 0.238 e. The molecule has 0 radical (unpaired) electrons. The molecule has 27 heavy (non-hydrogen) atoms. The van der Waals surface area contributed by atoms with Crippen LogP contribution in [-0.2, 0) is 27.7 Å². The maximum Gasteiger partial charge on any atom is 0.238 e. The zero-order valence-electron chi connectivity index (χ0n) is 16.1. The molecule has 1 spiro atoms. The number of carbonyl (C=O) groups excluding carboxylic acids is 1. The van der Waals surface area contributed by atoms with E-state index in [1.54, 1.807) is 0 Å². The fraction of sp³-hybridized carbons (Fsp3) is 0.789. The molecule has 0 aromatic carbocycles. The van der Waals surface area contributed by atoms with Crippen LogP contribution in [0.2, 0.25) is 0 Å². The van der Waals surface area contributed by atoms with Crippen LogP contribution in [0.5, 0.6) is 0 Å². The Bertz CT molecular complexity index is 788. The van der Waals surface area contributed by atoms with Crippen LogP contribution in [-0.4, -0.2) is 59.1 Å². The van der Waals surface area contributed by atoms with Crippen molar-refractivity contribution in [2.75, 3.05) is 18.8 Å². The molecule has 1 aromatic rings. The normalized spacial score (nSPS) is 27.5. The predicted octanol–water partition coefficient (Wildman–Crippen LogP) is 1.34. The first-order valence-electron chi connectivity index (χ1n) is 10.1. The second kappa shape index (κ2) is 7.20. The number of aryl methyl sites for hydroxylation is 1. The molecule has 2 aliphatic heterocycles. The van der Waals surface area contributed by atoms with Gasteiger partial charge in [0.25, 0.3) is 0 Å². The molecule has 1 aliphatic carbocycles. The van der Waals surface area contributed by atoms with Gasteiger partial charge in [-0.2, -0.15) is 5.10 Å². The number of hydrogen-bond acceptors (Lipinski definition) is 5. The number of amides is 1. The summed E-state index contributed by atoms with van der Waals surface area (Å²) in [7, 11) is -3.21. The minimum Gasteiger partial charge on any atom is -0.352 e. The van der Waals surface area contributed by atoms with E-state index >= 15 is 0 Å². The van der Waals surface area contributed by atoms with Gasteiger partial charge >= 0.3 is 0 Å². The number of rotatable bonds is 5. The van der Waals surface area contributed by atoms with E-state index in [2.05, 4.69) is 28.4 Å². The van der Waals surface area contributed by atoms with Crippen molar-refractivity contribution in [2.24, 2.45) is 5.41 Å². The zero-order valence-corrected chi connectivity index (χ0v) is 16.9. The van der Waals surface area contributed by atoms with Gasteiger partial charge in [0.2, 0.25) is 5.91 Å². The van der Waals surface area contributed by atoms with E-state index in [4.69, 9.17) is 0 Å². The van der Waals surface area contributed by atoms with Gasteiger partial charge in [-0.25, -0.2) is 8.42 Å². The highest BCUT2D eigenvalue weighted by atomic mass is 32.2. The summed E-state index contributed by atoms with van der Waals surface area (Å²) in [6.07, 6.45) is 9.47. The number of likely N-dealkylation sites (tertiary alicyclic amines) is 1. The van der Waals surface area contributed by atoms with Gasteiger partial charge < -0.3 is 5.32 Å². The summed E-state index contributed by atoms with van der Waals surface area (Å²) in [6.45, 7) is 6.10. The molecular weight excluding hydrogens is 364 g/mol. The Morgan fingerprint density at radius 2 is 2.07 bits per heavy atom. The van der Waals surface area contributed by atoms with Crippen LogP contribution in [0.25, 0.3) is 0 Å². The van der Waals surface area contributed by atoms with E-state index in [9.17, 15) is 13.2 Å². The molecule has 1 saturated carbocycles.